The summed E-state index contributed by atoms with van der Waals surface area (Å²) in [5, 5.41) is 12.2. The van der Waals surface area contributed by atoms with Gasteiger partial charge in [0.05, 0.1) is 12.0 Å². The van der Waals surface area contributed by atoms with Crippen molar-refractivity contribution in [3.05, 3.63) is 23.9 Å². The van der Waals surface area contributed by atoms with Crippen LogP contribution in [0.25, 0.3) is 0 Å². The Labute approximate surface area is 118 Å². The van der Waals surface area contributed by atoms with E-state index in [1.807, 2.05) is 0 Å². The van der Waals surface area contributed by atoms with Crippen LogP contribution in [0.5, 0.6) is 0 Å². The van der Waals surface area contributed by atoms with E-state index in [9.17, 15) is 14.7 Å². The number of rotatable bonds is 7. The molecule has 0 fully saturated rings. The van der Waals surface area contributed by atoms with Crippen molar-refractivity contribution >= 4 is 17.8 Å². The molecule has 0 bridgehead atoms. The standard InChI is InChI=1S/C14H20N2O4/c1-4-14(3,13(18)19)9-16-11-10(7-6-8-15-11)12(17)20-5-2/h6-8H,4-5,9H2,1-3H3,(H,15,16)(H,18,19). The van der Waals surface area contributed by atoms with E-state index in [0.717, 1.165) is 0 Å². The van der Waals surface area contributed by atoms with Crippen molar-refractivity contribution in [3.63, 3.8) is 0 Å². The van der Waals surface area contributed by atoms with Gasteiger partial charge < -0.3 is 15.2 Å². The van der Waals surface area contributed by atoms with E-state index in [2.05, 4.69) is 10.3 Å². The number of hydrogen-bond acceptors (Lipinski definition) is 5. The Bertz CT molecular complexity index is 490. The lowest BCUT2D eigenvalue weighted by Crippen LogP contribution is -2.34. The number of aromatic nitrogens is 1. The third kappa shape index (κ3) is 3.69. The average molecular weight is 280 g/mol. The van der Waals surface area contributed by atoms with E-state index in [4.69, 9.17) is 4.74 Å². The molecule has 1 aromatic heterocycles. The van der Waals surface area contributed by atoms with Crippen LogP contribution in [-0.2, 0) is 9.53 Å². The quantitative estimate of drug-likeness (QED) is 0.744. The van der Waals surface area contributed by atoms with Crippen molar-refractivity contribution < 1.29 is 19.4 Å². The van der Waals surface area contributed by atoms with E-state index in [0.29, 0.717) is 17.8 Å². The number of anilines is 1. The van der Waals surface area contributed by atoms with E-state index < -0.39 is 17.4 Å². The van der Waals surface area contributed by atoms with Crippen LogP contribution in [0.3, 0.4) is 0 Å². The Morgan fingerprint density at radius 1 is 1.45 bits per heavy atom. The molecular weight excluding hydrogens is 260 g/mol. The minimum absolute atomic E-state index is 0.183. The summed E-state index contributed by atoms with van der Waals surface area (Å²) in [6, 6.07) is 3.23. The molecule has 1 rings (SSSR count). The zero-order valence-electron chi connectivity index (χ0n) is 12.0. The zero-order valence-corrected chi connectivity index (χ0v) is 12.0. The molecule has 0 aromatic carbocycles. The number of carbonyl (C=O) groups is 2. The first-order valence-electron chi connectivity index (χ1n) is 6.54. The van der Waals surface area contributed by atoms with Gasteiger partial charge in [0.2, 0.25) is 0 Å². The van der Waals surface area contributed by atoms with Gasteiger partial charge in [-0.2, -0.15) is 0 Å². The molecule has 20 heavy (non-hydrogen) atoms. The Kier molecular flexibility index (Phi) is 5.49. The maximum atomic E-state index is 11.8. The summed E-state index contributed by atoms with van der Waals surface area (Å²) in [5.74, 6) is -1.02. The zero-order chi connectivity index (χ0) is 15.2. The van der Waals surface area contributed by atoms with Crippen LogP contribution < -0.4 is 5.32 Å². The van der Waals surface area contributed by atoms with E-state index >= 15 is 0 Å². The lowest BCUT2D eigenvalue weighted by Gasteiger charge is -2.24. The molecule has 0 saturated carbocycles. The van der Waals surface area contributed by atoms with Crippen LogP contribution in [0, 0.1) is 5.41 Å². The fourth-order valence-corrected chi connectivity index (χ4v) is 1.55. The van der Waals surface area contributed by atoms with Crippen molar-refractivity contribution in [1.82, 2.24) is 4.98 Å². The summed E-state index contributed by atoms with van der Waals surface area (Å²) in [6.07, 6.45) is 2.01. The van der Waals surface area contributed by atoms with Crippen LogP contribution in [0.4, 0.5) is 5.82 Å². The van der Waals surface area contributed by atoms with Gasteiger partial charge in [0.15, 0.2) is 0 Å². The first-order valence-corrected chi connectivity index (χ1v) is 6.54. The number of carbonyl (C=O) groups excluding carboxylic acids is 1. The summed E-state index contributed by atoms with van der Waals surface area (Å²) in [6.45, 7) is 5.63. The summed E-state index contributed by atoms with van der Waals surface area (Å²) >= 11 is 0. The first kappa shape index (κ1) is 15.9. The molecule has 0 amide bonds. The highest BCUT2D eigenvalue weighted by Crippen LogP contribution is 2.23. The lowest BCUT2D eigenvalue weighted by molar-refractivity contribution is -0.147. The highest BCUT2D eigenvalue weighted by Gasteiger charge is 2.31. The van der Waals surface area contributed by atoms with Crippen molar-refractivity contribution in [1.29, 1.82) is 0 Å². The van der Waals surface area contributed by atoms with Crippen LogP contribution in [0.1, 0.15) is 37.6 Å². The topological polar surface area (TPSA) is 88.5 Å². The molecule has 0 radical (unpaired) electrons. The van der Waals surface area contributed by atoms with Crippen LogP contribution >= 0.6 is 0 Å². The molecule has 0 saturated heterocycles. The summed E-state index contributed by atoms with van der Waals surface area (Å²) < 4.78 is 4.94. The number of pyridine rings is 1. The number of carboxylic acid groups (broad SMARTS) is 1. The number of aliphatic carboxylic acids is 1. The van der Waals surface area contributed by atoms with Crippen molar-refractivity contribution in [2.75, 3.05) is 18.5 Å². The van der Waals surface area contributed by atoms with Gasteiger partial charge in [0.25, 0.3) is 0 Å². The fraction of sp³-hybridized carbons (Fsp3) is 0.500. The number of nitrogens with one attached hydrogen (secondary N) is 1. The van der Waals surface area contributed by atoms with E-state index in [1.54, 1.807) is 32.9 Å². The fourth-order valence-electron chi connectivity index (χ4n) is 1.55. The summed E-state index contributed by atoms with van der Waals surface area (Å²) in [4.78, 5) is 27.1. The number of carboxylic acids is 1. The second-order valence-electron chi connectivity index (χ2n) is 4.69. The minimum atomic E-state index is -0.913. The Morgan fingerprint density at radius 3 is 2.70 bits per heavy atom. The van der Waals surface area contributed by atoms with Gasteiger partial charge in [-0.25, -0.2) is 9.78 Å². The SMILES string of the molecule is CCOC(=O)c1cccnc1NCC(C)(CC)C(=O)O. The van der Waals surface area contributed by atoms with Crippen LogP contribution in [-0.4, -0.2) is 35.2 Å². The molecule has 0 aliphatic carbocycles. The molecular formula is C14H20N2O4. The molecule has 110 valence electrons. The second kappa shape index (κ2) is 6.88. The number of ether oxygens (including phenoxy) is 1. The predicted octanol–water partition coefficient (Wildman–Crippen LogP) is 2.17. The lowest BCUT2D eigenvalue weighted by atomic mass is 9.88. The monoisotopic (exact) mass is 280 g/mol. The molecule has 0 spiro atoms. The largest absolute Gasteiger partial charge is 0.481 e. The smallest absolute Gasteiger partial charge is 0.341 e. The molecule has 1 heterocycles. The molecule has 2 N–H and O–H groups in total. The third-order valence-corrected chi connectivity index (χ3v) is 3.25. The van der Waals surface area contributed by atoms with Gasteiger partial charge in [0, 0.05) is 12.7 Å². The maximum Gasteiger partial charge on any atom is 0.341 e. The highest BCUT2D eigenvalue weighted by molar-refractivity contribution is 5.94. The average Bonchev–Trinajstić information content (AvgIpc) is 2.45. The number of nitrogens with zero attached hydrogens (tertiary/aromatic N) is 1. The minimum Gasteiger partial charge on any atom is -0.481 e. The van der Waals surface area contributed by atoms with Crippen molar-refractivity contribution in [2.45, 2.75) is 27.2 Å². The number of esters is 1. The van der Waals surface area contributed by atoms with Gasteiger partial charge in [-0.15, -0.1) is 0 Å². The maximum absolute atomic E-state index is 11.8. The molecule has 6 nitrogen and oxygen atoms in total. The molecule has 6 heteroatoms. The highest BCUT2D eigenvalue weighted by atomic mass is 16.5. The summed E-state index contributed by atoms with van der Waals surface area (Å²) in [7, 11) is 0. The van der Waals surface area contributed by atoms with Crippen LogP contribution in [0.15, 0.2) is 18.3 Å². The molecule has 0 aliphatic rings. The Hall–Kier alpha value is -2.11. The third-order valence-electron chi connectivity index (χ3n) is 3.25. The van der Waals surface area contributed by atoms with Crippen molar-refractivity contribution in [3.8, 4) is 0 Å². The van der Waals surface area contributed by atoms with E-state index in [1.165, 1.54) is 6.20 Å². The predicted molar refractivity (Wildman–Crippen MR) is 74.7 cm³/mol. The van der Waals surface area contributed by atoms with Gasteiger partial charge in [-0.1, -0.05) is 6.92 Å². The molecule has 1 unspecified atom stereocenters. The normalized spacial score (nSPS) is 13.3. The molecule has 1 aromatic rings. The van der Waals surface area contributed by atoms with Crippen LogP contribution in [0.2, 0.25) is 0 Å². The van der Waals surface area contributed by atoms with Gasteiger partial charge >= 0.3 is 11.9 Å². The first-order chi connectivity index (χ1) is 9.44. The molecule has 1 atom stereocenters. The second-order valence-corrected chi connectivity index (χ2v) is 4.69. The Morgan fingerprint density at radius 2 is 2.15 bits per heavy atom. The Balaban J connectivity index is 2.88. The number of hydrogen-bond donors (Lipinski definition) is 2. The van der Waals surface area contributed by atoms with Crippen molar-refractivity contribution in [2.24, 2.45) is 5.41 Å². The van der Waals surface area contributed by atoms with E-state index in [-0.39, 0.29) is 13.2 Å². The van der Waals surface area contributed by atoms with Gasteiger partial charge in [-0.3, -0.25) is 4.79 Å². The van der Waals surface area contributed by atoms with Gasteiger partial charge in [0.1, 0.15) is 11.4 Å². The van der Waals surface area contributed by atoms with Gasteiger partial charge in [-0.05, 0) is 32.4 Å². The summed E-state index contributed by atoms with van der Waals surface area (Å²) in [5.41, 5.74) is -0.609. The molecule has 0 aliphatic heterocycles.